The maximum Gasteiger partial charge on any atom is 0.268 e. The highest BCUT2D eigenvalue weighted by Crippen LogP contribution is 2.29. The van der Waals surface area contributed by atoms with Gasteiger partial charge in [-0.1, -0.05) is 5.16 Å². The molecule has 0 atom stereocenters. The molecule has 0 bridgehead atoms. The number of ether oxygens (including phenoxy) is 1. The summed E-state index contributed by atoms with van der Waals surface area (Å²) in [5.74, 6) is 0.901. The van der Waals surface area contributed by atoms with Gasteiger partial charge >= 0.3 is 0 Å². The minimum absolute atomic E-state index is 0.414. The van der Waals surface area contributed by atoms with Crippen LogP contribution in [0.2, 0.25) is 0 Å². The molecule has 0 N–H and O–H groups in total. The number of rotatable bonds is 3. The van der Waals surface area contributed by atoms with Crippen molar-refractivity contribution in [3.8, 4) is 16.8 Å². The van der Waals surface area contributed by atoms with E-state index < -0.39 is 5.60 Å². The molecule has 0 saturated heterocycles. The summed E-state index contributed by atoms with van der Waals surface area (Å²) < 4.78 is 10.4. The fourth-order valence-corrected chi connectivity index (χ4v) is 1.90. The fourth-order valence-electron chi connectivity index (χ4n) is 1.17. The molecule has 0 saturated carbocycles. The average Bonchev–Trinajstić information content (AvgIpc) is 2.97. The van der Waals surface area contributed by atoms with Gasteiger partial charge in [0.1, 0.15) is 16.5 Å². The molecule has 88 valence electrons. The van der Waals surface area contributed by atoms with Crippen LogP contribution in [0.5, 0.6) is 0 Å². The van der Waals surface area contributed by atoms with Crippen LogP contribution in [0.4, 0.5) is 0 Å². The van der Waals surface area contributed by atoms with Gasteiger partial charge in [0.15, 0.2) is 0 Å². The van der Waals surface area contributed by atoms with Gasteiger partial charge < -0.3 is 9.26 Å². The van der Waals surface area contributed by atoms with Gasteiger partial charge in [-0.05, 0) is 26.0 Å². The number of methoxy groups -OCH3 is 1. The second-order valence-electron chi connectivity index (χ2n) is 3.91. The number of hydrogen-bond acceptors (Lipinski definition) is 6. The highest BCUT2D eigenvalue weighted by Gasteiger charge is 2.26. The Morgan fingerprint density at radius 2 is 2.24 bits per heavy atom. The molecule has 17 heavy (non-hydrogen) atoms. The van der Waals surface area contributed by atoms with Gasteiger partial charge in [0.05, 0.1) is 4.88 Å². The molecule has 2 aromatic heterocycles. The van der Waals surface area contributed by atoms with E-state index in [2.05, 4.69) is 16.2 Å². The summed E-state index contributed by atoms with van der Waals surface area (Å²) in [4.78, 5) is 5.67. The summed E-state index contributed by atoms with van der Waals surface area (Å²) in [6.07, 6.45) is 0. The molecule has 0 radical (unpaired) electrons. The normalized spacial score (nSPS) is 11.4. The second kappa shape index (κ2) is 4.28. The summed E-state index contributed by atoms with van der Waals surface area (Å²) in [6, 6.07) is 5.59. The van der Waals surface area contributed by atoms with E-state index in [0.29, 0.717) is 16.6 Å². The first-order valence-electron chi connectivity index (χ1n) is 4.96. The Kier molecular flexibility index (Phi) is 2.96. The molecule has 2 rings (SSSR count). The fraction of sp³-hybridized carbons (Fsp3) is 0.364. The van der Waals surface area contributed by atoms with Crippen LogP contribution in [0.3, 0.4) is 0 Å². The standard InChI is InChI=1S/C11H11N3O2S/c1-11(2,15-3)10-13-9(16-14-10)8-5-4-7(6-12)17-8/h4-5H,1-3H3. The van der Waals surface area contributed by atoms with E-state index in [0.717, 1.165) is 4.88 Å². The Morgan fingerprint density at radius 1 is 1.47 bits per heavy atom. The molecule has 6 heteroatoms. The van der Waals surface area contributed by atoms with Crippen molar-refractivity contribution in [2.24, 2.45) is 0 Å². The first-order chi connectivity index (χ1) is 8.06. The second-order valence-corrected chi connectivity index (χ2v) is 5.00. The van der Waals surface area contributed by atoms with Crippen molar-refractivity contribution in [2.75, 3.05) is 7.11 Å². The number of hydrogen-bond donors (Lipinski definition) is 0. The van der Waals surface area contributed by atoms with Crippen LogP contribution >= 0.6 is 11.3 Å². The monoisotopic (exact) mass is 249 g/mol. The van der Waals surface area contributed by atoms with Crippen molar-refractivity contribution in [1.29, 1.82) is 5.26 Å². The average molecular weight is 249 g/mol. The van der Waals surface area contributed by atoms with Crippen LogP contribution in [0.1, 0.15) is 24.5 Å². The molecule has 0 unspecified atom stereocenters. The Hall–Kier alpha value is -1.71. The van der Waals surface area contributed by atoms with Crippen LogP contribution in [0, 0.1) is 11.3 Å². The largest absolute Gasteiger partial charge is 0.371 e. The third-order valence-corrected chi connectivity index (χ3v) is 3.38. The lowest BCUT2D eigenvalue weighted by Crippen LogP contribution is -2.21. The van der Waals surface area contributed by atoms with E-state index in [1.165, 1.54) is 11.3 Å². The number of nitriles is 1. The minimum atomic E-state index is -0.586. The van der Waals surface area contributed by atoms with E-state index in [4.69, 9.17) is 14.5 Å². The quantitative estimate of drug-likeness (QED) is 0.835. The molecule has 2 heterocycles. The van der Waals surface area contributed by atoms with E-state index in [1.54, 1.807) is 19.2 Å². The van der Waals surface area contributed by atoms with Crippen LogP contribution in [0.15, 0.2) is 16.7 Å². The molecule has 5 nitrogen and oxygen atoms in total. The highest BCUT2D eigenvalue weighted by atomic mass is 32.1. The van der Waals surface area contributed by atoms with Gasteiger partial charge in [0.2, 0.25) is 5.82 Å². The summed E-state index contributed by atoms with van der Waals surface area (Å²) in [7, 11) is 1.59. The Balaban J connectivity index is 2.33. The molecule has 0 aromatic carbocycles. The van der Waals surface area contributed by atoms with Crippen molar-refractivity contribution >= 4 is 11.3 Å². The Morgan fingerprint density at radius 3 is 2.82 bits per heavy atom. The predicted octanol–water partition coefficient (Wildman–Crippen LogP) is 2.55. The van der Waals surface area contributed by atoms with Crippen LogP contribution in [-0.4, -0.2) is 17.3 Å². The molecule has 2 aromatic rings. The number of thiophene rings is 1. The minimum Gasteiger partial charge on any atom is -0.371 e. The smallest absolute Gasteiger partial charge is 0.268 e. The lowest BCUT2D eigenvalue weighted by Gasteiger charge is -2.17. The molecule has 0 spiro atoms. The maximum atomic E-state index is 8.74. The zero-order valence-corrected chi connectivity index (χ0v) is 10.5. The summed E-state index contributed by atoms with van der Waals surface area (Å²) in [5.41, 5.74) is -0.586. The van der Waals surface area contributed by atoms with Crippen molar-refractivity contribution < 1.29 is 9.26 Å². The van der Waals surface area contributed by atoms with Gasteiger partial charge in [0.25, 0.3) is 5.89 Å². The van der Waals surface area contributed by atoms with E-state index in [1.807, 2.05) is 13.8 Å². The topological polar surface area (TPSA) is 71.9 Å². The van der Waals surface area contributed by atoms with E-state index in [9.17, 15) is 0 Å². The molecule has 0 amide bonds. The van der Waals surface area contributed by atoms with Crippen LogP contribution in [-0.2, 0) is 10.3 Å². The van der Waals surface area contributed by atoms with Gasteiger partial charge in [0, 0.05) is 7.11 Å². The van der Waals surface area contributed by atoms with Crippen molar-refractivity contribution in [2.45, 2.75) is 19.4 Å². The first-order valence-corrected chi connectivity index (χ1v) is 5.78. The van der Waals surface area contributed by atoms with Crippen molar-refractivity contribution in [1.82, 2.24) is 10.1 Å². The summed E-state index contributed by atoms with van der Waals surface area (Å²) in [6.45, 7) is 3.72. The number of aromatic nitrogens is 2. The molecule has 0 aliphatic heterocycles. The van der Waals surface area contributed by atoms with E-state index in [-0.39, 0.29) is 0 Å². The first kappa shape index (κ1) is 11.8. The Labute approximate surface area is 103 Å². The lowest BCUT2D eigenvalue weighted by molar-refractivity contribution is 0.00973. The zero-order valence-electron chi connectivity index (χ0n) is 9.72. The van der Waals surface area contributed by atoms with Crippen LogP contribution in [0.25, 0.3) is 10.8 Å². The zero-order chi connectivity index (χ0) is 12.5. The molecular weight excluding hydrogens is 238 g/mol. The molecular formula is C11H11N3O2S. The predicted molar refractivity (Wildman–Crippen MR) is 62.4 cm³/mol. The van der Waals surface area contributed by atoms with Gasteiger partial charge in [-0.15, -0.1) is 11.3 Å². The molecule has 0 aliphatic carbocycles. The molecule has 0 aliphatic rings. The van der Waals surface area contributed by atoms with Crippen LogP contribution < -0.4 is 0 Å². The SMILES string of the molecule is COC(C)(C)c1noc(-c2ccc(C#N)s2)n1. The maximum absolute atomic E-state index is 8.74. The van der Waals surface area contributed by atoms with Crippen molar-refractivity contribution in [3.05, 3.63) is 22.8 Å². The summed E-state index contributed by atoms with van der Waals surface area (Å²) in [5, 5.41) is 12.6. The Bertz CT molecular complexity index is 565. The number of nitrogens with zero attached hydrogens (tertiary/aromatic N) is 3. The van der Waals surface area contributed by atoms with E-state index >= 15 is 0 Å². The van der Waals surface area contributed by atoms with Gasteiger partial charge in [-0.2, -0.15) is 10.2 Å². The summed E-state index contributed by atoms with van der Waals surface area (Å²) >= 11 is 1.32. The molecule has 0 fully saturated rings. The van der Waals surface area contributed by atoms with Gasteiger partial charge in [-0.3, -0.25) is 0 Å². The third kappa shape index (κ3) is 2.20. The third-order valence-electron chi connectivity index (χ3n) is 2.40. The highest BCUT2D eigenvalue weighted by molar-refractivity contribution is 7.15. The lowest BCUT2D eigenvalue weighted by atomic mass is 10.1. The van der Waals surface area contributed by atoms with Crippen molar-refractivity contribution in [3.63, 3.8) is 0 Å². The van der Waals surface area contributed by atoms with Gasteiger partial charge in [-0.25, -0.2) is 0 Å².